The first kappa shape index (κ1) is 16.3. The molecule has 2 aliphatic rings. The Kier molecular flexibility index (Phi) is 4.12. The van der Waals surface area contributed by atoms with Crippen molar-refractivity contribution in [2.45, 2.75) is 64.0 Å². The molecule has 2 fully saturated rings. The zero-order chi connectivity index (χ0) is 16.0. The SMILES string of the molecule is CC(C)(C)OC(=O)N1C[C@H]2C[Si](C)(C)C[C@@H]2C[C@H]1C(=O)O. The van der Waals surface area contributed by atoms with E-state index in [1.807, 2.05) is 0 Å². The minimum Gasteiger partial charge on any atom is -0.480 e. The molecule has 0 aromatic carbocycles. The first-order valence-electron chi connectivity index (χ1n) is 7.71. The fraction of sp³-hybridized carbons (Fsp3) is 0.867. The summed E-state index contributed by atoms with van der Waals surface area (Å²) in [5.74, 6) is 0.00641. The molecule has 0 saturated carbocycles. The summed E-state index contributed by atoms with van der Waals surface area (Å²) < 4.78 is 5.39. The van der Waals surface area contributed by atoms with Crippen LogP contribution in [-0.2, 0) is 9.53 Å². The molecular formula is C15H27NO4Si. The molecule has 120 valence electrons. The third-order valence-electron chi connectivity index (χ3n) is 4.54. The van der Waals surface area contributed by atoms with Crippen molar-refractivity contribution < 1.29 is 19.4 Å². The number of rotatable bonds is 1. The summed E-state index contributed by atoms with van der Waals surface area (Å²) in [7, 11) is -1.22. The van der Waals surface area contributed by atoms with Crippen LogP contribution < -0.4 is 0 Å². The van der Waals surface area contributed by atoms with Crippen molar-refractivity contribution in [3.63, 3.8) is 0 Å². The van der Waals surface area contributed by atoms with Crippen molar-refractivity contribution in [3.8, 4) is 0 Å². The Morgan fingerprint density at radius 3 is 2.29 bits per heavy atom. The fourth-order valence-electron chi connectivity index (χ4n) is 3.88. The second-order valence-electron chi connectivity index (χ2n) is 8.32. The van der Waals surface area contributed by atoms with Crippen molar-refractivity contribution in [2.75, 3.05) is 6.54 Å². The number of ether oxygens (including phenoxy) is 1. The number of carbonyl (C=O) groups excluding carboxylic acids is 1. The third kappa shape index (κ3) is 3.78. The normalized spacial score (nSPS) is 31.7. The van der Waals surface area contributed by atoms with Gasteiger partial charge in [-0.25, -0.2) is 9.59 Å². The molecule has 6 heteroatoms. The van der Waals surface area contributed by atoms with Gasteiger partial charge < -0.3 is 9.84 Å². The van der Waals surface area contributed by atoms with Crippen LogP contribution in [0, 0.1) is 11.8 Å². The minimum absolute atomic E-state index is 0.454. The summed E-state index contributed by atoms with van der Waals surface area (Å²) in [6.07, 6.45) is 0.0927. The summed E-state index contributed by atoms with van der Waals surface area (Å²) >= 11 is 0. The van der Waals surface area contributed by atoms with Crippen LogP contribution in [-0.4, -0.2) is 48.3 Å². The number of amides is 1. The average Bonchev–Trinajstić information content (AvgIpc) is 2.57. The largest absolute Gasteiger partial charge is 0.480 e. The highest BCUT2D eigenvalue weighted by molar-refractivity contribution is 6.78. The molecule has 21 heavy (non-hydrogen) atoms. The molecule has 5 nitrogen and oxygen atoms in total. The van der Waals surface area contributed by atoms with E-state index in [-0.39, 0.29) is 0 Å². The van der Waals surface area contributed by atoms with Gasteiger partial charge in [0.15, 0.2) is 0 Å². The molecule has 2 heterocycles. The van der Waals surface area contributed by atoms with Gasteiger partial charge in [-0.15, -0.1) is 0 Å². The summed E-state index contributed by atoms with van der Waals surface area (Å²) in [5.41, 5.74) is -0.597. The molecular weight excluding hydrogens is 286 g/mol. The molecule has 0 unspecified atom stereocenters. The summed E-state index contributed by atoms with van der Waals surface area (Å²) in [4.78, 5) is 25.3. The van der Waals surface area contributed by atoms with Crippen LogP contribution in [0.1, 0.15) is 27.2 Å². The second kappa shape index (κ2) is 5.30. The van der Waals surface area contributed by atoms with Crippen LogP contribution in [0.15, 0.2) is 0 Å². The highest BCUT2D eigenvalue weighted by Gasteiger charge is 2.49. The van der Waals surface area contributed by atoms with E-state index in [0.717, 1.165) is 0 Å². The lowest BCUT2D eigenvalue weighted by Crippen LogP contribution is -2.53. The van der Waals surface area contributed by atoms with E-state index in [2.05, 4.69) is 13.1 Å². The van der Waals surface area contributed by atoms with Gasteiger partial charge >= 0.3 is 12.1 Å². The molecule has 1 N–H and O–H groups in total. The van der Waals surface area contributed by atoms with Crippen LogP contribution in [0.25, 0.3) is 0 Å². The van der Waals surface area contributed by atoms with Crippen molar-refractivity contribution in [1.29, 1.82) is 0 Å². The second-order valence-corrected chi connectivity index (χ2v) is 13.5. The van der Waals surface area contributed by atoms with E-state index in [4.69, 9.17) is 4.74 Å². The lowest BCUT2D eigenvalue weighted by atomic mass is 9.84. The van der Waals surface area contributed by atoms with Gasteiger partial charge in [0.1, 0.15) is 11.6 Å². The summed E-state index contributed by atoms with van der Waals surface area (Å²) in [5, 5.41) is 9.47. The van der Waals surface area contributed by atoms with Gasteiger partial charge in [-0.05, 0) is 39.0 Å². The quantitative estimate of drug-likeness (QED) is 0.756. The Morgan fingerprint density at radius 2 is 1.76 bits per heavy atom. The maximum Gasteiger partial charge on any atom is 0.411 e. The molecule has 0 bridgehead atoms. The van der Waals surface area contributed by atoms with Gasteiger partial charge in [0.05, 0.1) is 0 Å². The predicted molar refractivity (Wildman–Crippen MR) is 83.1 cm³/mol. The van der Waals surface area contributed by atoms with E-state index in [1.54, 1.807) is 20.8 Å². The number of likely N-dealkylation sites (tertiary alicyclic amines) is 1. The first-order chi connectivity index (χ1) is 9.48. The highest BCUT2D eigenvalue weighted by atomic mass is 28.3. The molecule has 0 aromatic rings. The zero-order valence-corrected chi connectivity index (χ0v) is 14.7. The maximum atomic E-state index is 12.3. The number of fused-ring (bicyclic) bond motifs is 1. The minimum atomic E-state index is -1.22. The smallest absolute Gasteiger partial charge is 0.411 e. The average molecular weight is 313 g/mol. The Bertz CT molecular complexity index is 443. The Hall–Kier alpha value is -1.04. The number of hydrogen-bond acceptors (Lipinski definition) is 3. The van der Waals surface area contributed by atoms with Gasteiger partial charge in [0.2, 0.25) is 0 Å². The van der Waals surface area contributed by atoms with Crippen LogP contribution in [0.3, 0.4) is 0 Å². The molecule has 3 atom stereocenters. The molecule has 0 aliphatic carbocycles. The maximum absolute atomic E-state index is 12.3. The number of piperidine rings is 1. The monoisotopic (exact) mass is 313 g/mol. The topological polar surface area (TPSA) is 66.8 Å². The fourth-order valence-corrected chi connectivity index (χ4v) is 7.84. The summed E-state index contributed by atoms with van der Waals surface area (Å²) in [6.45, 7) is 10.7. The van der Waals surface area contributed by atoms with Gasteiger partial charge in [-0.3, -0.25) is 4.90 Å². The standard InChI is InChI=1S/C15H27NO4Si/c1-15(2,3)20-14(19)16-7-11-9-21(4,5)8-10(11)6-12(16)13(17)18/h10-12H,6-9H2,1-5H3,(H,17,18)/t10-,11-,12-/m0/s1. The summed E-state index contributed by atoms with van der Waals surface area (Å²) in [6, 6.07) is 1.64. The van der Waals surface area contributed by atoms with Gasteiger partial charge in [0, 0.05) is 14.6 Å². The predicted octanol–water partition coefficient (Wildman–Crippen LogP) is 3.03. The molecule has 0 radical (unpaired) electrons. The number of carboxylic acid groups (broad SMARTS) is 1. The molecule has 2 aliphatic heterocycles. The van der Waals surface area contributed by atoms with E-state index in [9.17, 15) is 14.7 Å². The Morgan fingerprint density at radius 1 is 1.19 bits per heavy atom. The molecule has 0 spiro atoms. The van der Waals surface area contributed by atoms with Crippen LogP contribution in [0.2, 0.25) is 25.2 Å². The van der Waals surface area contributed by atoms with E-state index >= 15 is 0 Å². The Labute approximate surface area is 127 Å². The lowest BCUT2D eigenvalue weighted by molar-refractivity contribution is -0.145. The van der Waals surface area contributed by atoms with E-state index in [1.165, 1.54) is 17.0 Å². The molecule has 0 aromatic heterocycles. The lowest BCUT2D eigenvalue weighted by Gasteiger charge is -2.40. The number of nitrogens with zero attached hydrogens (tertiary/aromatic N) is 1. The molecule has 2 saturated heterocycles. The van der Waals surface area contributed by atoms with Crippen LogP contribution >= 0.6 is 0 Å². The number of carbonyl (C=O) groups is 2. The molecule has 1 amide bonds. The third-order valence-corrected chi connectivity index (χ3v) is 7.80. The number of carboxylic acids is 1. The van der Waals surface area contributed by atoms with Crippen molar-refractivity contribution >= 4 is 20.1 Å². The van der Waals surface area contributed by atoms with Gasteiger partial charge in [-0.1, -0.05) is 25.2 Å². The zero-order valence-electron chi connectivity index (χ0n) is 13.7. The van der Waals surface area contributed by atoms with E-state index in [0.29, 0.717) is 24.8 Å². The first-order valence-corrected chi connectivity index (χ1v) is 11.1. The number of aliphatic carboxylic acids is 1. The Balaban J connectivity index is 2.15. The van der Waals surface area contributed by atoms with Crippen molar-refractivity contribution in [1.82, 2.24) is 4.90 Å². The van der Waals surface area contributed by atoms with Gasteiger partial charge in [-0.2, -0.15) is 0 Å². The van der Waals surface area contributed by atoms with Crippen LogP contribution in [0.5, 0.6) is 0 Å². The number of hydrogen-bond donors (Lipinski definition) is 1. The van der Waals surface area contributed by atoms with Crippen LogP contribution in [0.4, 0.5) is 4.79 Å². The van der Waals surface area contributed by atoms with Crippen molar-refractivity contribution in [2.24, 2.45) is 11.8 Å². The molecule has 2 rings (SSSR count). The van der Waals surface area contributed by atoms with Gasteiger partial charge in [0.25, 0.3) is 0 Å². The van der Waals surface area contributed by atoms with E-state index < -0.39 is 31.8 Å². The highest BCUT2D eigenvalue weighted by Crippen LogP contribution is 2.46. The van der Waals surface area contributed by atoms with Crippen molar-refractivity contribution in [3.05, 3.63) is 0 Å².